The van der Waals surface area contributed by atoms with E-state index in [1.165, 1.54) is 57.8 Å². The van der Waals surface area contributed by atoms with E-state index in [9.17, 15) is 19.0 Å². The minimum Gasteiger partial charge on any atom is -0.462 e. The highest BCUT2D eigenvalue weighted by atomic mass is 31.2. The molecule has 0 rings (SSSR count). The van der Waals surface area contributed by atoms with Crippen molar-refractivity contribution in [2.45, 2.75) is 116 Å². The Morgan fingerprint density at radius 2 is 1.27 bits per heavy atom. The molecular weight excluding hydrogens is 497 g/mol. The molecule has 10 heteroatoms. The van der Waals surface area contributed by atoms with E-state index in [0.717, 1.165) is 12.8 Å². The molecule has 0 bridgehead atoms. The van der Waals surface area contributed by atoms with Crippen molar-refractivity contribution in [1.29, 1.82) is 0 Å². The maximum absolute atomic E-state index is 12.3. The van der Waals surface area contributed by atoms with Crippen LogP contribution in [0.2, 0.25) is 0 Å². The molecule has 0 amide bonds. The van der Waals surface area contributed by atoms with E-state index in [1.54, 1.807) is 0 Å². The fourth-order valence-corrected chi connectivity index (χ4v) is 4.32. The predicted octanol–water partition coefficient (Wildman–Crippen LogP) is 6.17. The fourth-order valence-electron chi connectivity index (χ4n) is 3.58. The summed E-state index contributed by atoms with van der Waals surface area (Å²) in [6, 6.07) is 0. The summed E-state index contributed by atoms with van der Waals surface area (Å²) < 4.78 is 33.3. The predicted molar refractivity (Wildman–Crippen MR) is 146 cm³/mol. The normalized spacial score (nSPS) is 14.2. The van der Waals surface area contributed by atoms with Gasteiger partial charge >= 0.3 is 19.8 Å². The first kappa shape index (κ1) is 36.0. The molecule has 0 aromatic carbocycles. The first-order valence-corrected chi connectivity index (χ1v) is 15.8. The zero-order valence-electron chi connectivity index (χ0n) is 24.2. The Hall–Kier alpha value is -0.990. The highest BCUT2D eigenvalue weighted by molar-refractivity contribution is 7.47. The number of phosphoric acid groups is 1. The van der Waals surface area contributed by atoms with Gasteiger partial charge in [0, 0.05) is 12.8 Å². The number of carbonyl (C=O) groups is 2. The van der Waals surface area contributed by atoms with Crippen molar-refractivity contribution in [3.05, 3.63) is 0 Å². The second-order valence-corrected chi connectivity index (χ2v) is 12.2. The monoisotopic (exact) mass is 552 g/mol. The van der Waals surface area contributed by atoms with Gasteiger partial charge in [-0.05, 0) is 12.8 Å². The molecule has 0 aromatic heterocycles. The lowest BCUT2D eigenvalue weighted by Gasteiger charge is -2.24. The number of likely N-dealkylation sites (N-methyl/N-ethyl adjacent to an activating group) is 1. The van der Waals surface area contributed by atoms with Gasteiger partial charge in [0.15, 0.2) is 6.10 Å². The topological polar surface area (TPSA) is 108 Å². The Morgan fingerprint density at radius 1 is 0.730 bits per heavy atom. The van der Waals surface area contributed by atoms with E-state index in [4.69, 9.17) is 18.5 Å². The van der Waals surface area contributed by atoms with Crippen molar-refractivity contribution in [3.8, 4) is 0 Å². The number of quaternary nitrogens is 1. The summed E-state index contributed by atoms with van der Waals surface area (Å²) in [5, 5.41) is 0. The van der Waals surface area contributed by atoms with Gasteiger partial charge in [-0.15, -0.1) is 0 Å². The number of carbonyl (C=O) groups excluding carboxylic acids is 2. The Morgan fingerprint density at radius 3 is 1.78 bits per heavy atom. The van der Waals surface area contributed by atoms with Gasteiger partial charge in [-0.25, -0.2) is 4.57 Å². The molecule has 0 aliphatic heterocycles. The van der Waals surface area contributed by atoms with Crippen LogP contribution in [0.5, 0.6) is 0 Å². The number of ether oxygens (including phenoxy) is 2. The molecule has 0 spiro atoms. The van der Waals surface area contributed by atoms with E-state index in [2.05, 4.69) is 6.92 Å². The molecule has 220 valence electrons. The molecule has 2 atom stereocenters. The average molecular weight is 553 g/mol. The van der Waals surface area contributed by atoms with Crippen molar-refractivity contribution >= 4 is 19.8 Å². The SMILES string of the molecule is CCCCCCCCCCCCCCC(=O)OC(COC(=O)CCC)COP(=O)(O)OCC[N+](C)(C)C. The zero-order chi connectivity index (χ0) is 28.0. The van der Waals surface area contributed by atoms with Crippen LogP contribution in [-0.4, -0.2) is 74.9 Å². The second kappa shape index (κ2) is 21.9. The van der Waals surface area contributed by atoms with Gasteiger partial charge in [-0.1, -0.05) is 84.5 Å². The van der Waals surface area contributed by atoms with E-state index in [1.807, 2.05) is 28.1 Å². The standard InChI is InChI=1S/C27H54NO8P/c1-6-8-9-10-11-12-13-14-15-16-17-18-20-27(30)36-25(23-33-26(29)19-7-2)24-35-37(31,32)34-22-21-28(3,4)5/h25H,6-24H2,1-5H3/p+1. The summed E-state index contributed by atoms with van der Waals surface area (Å²) in [7, 11) is 1.47. The highest BCUT2D eigenvalue weighted by Gasteiger charge is 2.26. The molecule has 1 N–H and O–H groups in total. The van der Waals surface area contributed by atoms with E-state index in [0.29, 0.717) is 23.9 Å². The summed E-state index contributed by atoms with van der Waals surface area (Å²) in [5.41, 5.74) is 0. The van der Waals surface area contributed by atoms with Gasteiger partial charge in [-0.2, -0.15) is 0 Å². The highest BCUT2D eigenvalue weighted by Crippen LogP contribution is 2.43. The number of hydrogen-bond donors (Lipinski definition) is 1. The summed E-state index contributed by atoms with van der Waals surface area (Å²) in [6.07, 6.45) is 14.5. The van der Waals surface area contributed by atoms with Crippen molar-refractivity contribution < 1.29 is 42.1 Å². The quantitative estimate of drug-likeness (QED) is 0.0620. The van der Waals surface area contributed by atoms with Crippen molar-refractivity contribution in [2.75, 3.05) is 47.5 Å². The molecule has 0 saturated heterocycles. The lowest BCUT2D eigenvalue weighted by molar-refractivity contribution is -0.870. The number of unbranched alkanes of at least 4 members (excludes halogenated alkanes) is 11. The van der Waals surface area contributed by atoms with Crippen LogP contribution in [0, 0.1) is 0 Å². The molecule has 0 saturated carbocycles. The van der Waals surface area contributed by atoms with Crippen LogP contribution in [0.3, 0.4) is 0 Å². The molecular formula is C27H55NO8P+. The number of hydrogen-bond acceptors (Lipinski definition) is 7. The number of esters is 2. The second-order valence-electron chi connectivity index (χ2n) is 10.8. The van der Waals surface area contributed by atoms with Crippen LogP contribution in [0.15, 0.2) is 0 Å². The third kappa shape index (κ3) is 25.1. The lowest BCUT2D eigenvalue weighted by atomic mass is 10.0. The minimum absolute atomic E-state index is 0.0339. The van der Waals surface area contributed by atoms with Crippen LogP contribution in [0.4, 0.5) is 0 Å². The summed E-state index contributed by atoms with van der Waals surface area (Å²) in [6.45, 7) is 4.00. The Bertz CT molecular complexity index is 638. The van der Waals surface area contributed by atoms with Crippen molar-refractivity contribution in [3.63, 3.8) is 0 Å². The molecule has 0 aromatic rings. The van der Waals surface area contributed by atoms with Gasteiger partial charge in [-0.3, -0.25) is 18.6 Å². The van der Waals surface area contributed by atoms with Gasteiger partial charge < -0.3 is 18.9 Å². The Kier molecular flexibility index (Phi) is 21.3. The van der Waals surface area contributed by atoms with Crippen LogP contribution < -0.4 is 0 Å². The molecule has 9 nitrogen and oxygen atoms in total. The average Bonchev–Trinajstić information content (AvgIpc) is 2.80. The van der Waals surface area contributed by atoms with Crippen molar-refractivity contribution in [2.24, 2.45) is 0 Å². The van der Waals surface area contributed by atoms with E-state index >= 15 is 0 Å². The molecule has 37 heavy (non-hydrogen) atoms. The number of phosphoric ester groups is 1. The summed E-state index contributed by atoms with van der Waals surface area (Å²) in [4.78, 5) is 34.0. The summed E-state index contributed by atoms with van der Waals surface area (Å²) >= 11 is 0. The fraction of sp³-hybridized carbons (Fsp3) is 0.926. The Labute approximate surface area is 225 Å². The van der Waals surface area contributed by atoms with Gasteiger partial charge in [0.25, 0.3) is 0 Å². The van der Waals surface area contributed by atoms with Crippen LogP contribution in [-0.2, 0) is 32.7 Å². The Balaban J connectivity index is 4.29. The maximum Gasteiger partial charge on any atom is 0.472 e. The van der Waals surface area contributed by atoms with E-state index < -0.39 is 32.5 Å². The third-order valence-electron chi connectivity index (χ3n) is 5.86. The van der Waals surface area contributed by atoms with E-state index in [-0.39, 0.29) is 26.1 Å². The largest absolute Gasteiger partial charge is 0.472 e. The van der Waals surface area contributed by atoms with Crippen molar-refractivity contribution in [1.82, 2.24) is 0 Å². The first-order valence-electron chi connectivity index (χ1n) is 14.3. The molecule has 0 radical (unpaired) electrons. The zero-order valence-corrected chi connectivity index (χ0v) is 25.1. The van der Waals surface area contributed by atoms with Crippen LogP contribution in [0.25, 0.3) is 0 Å². The van der Waals surface area contributed by atoms with Crippen LogP contribution >= 0.6 is 7.82 Å². The van der Waals surface area contributed by atoms with Gasteiger partial charge in [0.2, 0.25) is 0 Å². The maximum atomic E-state index is 12.3. The smallest absolute Gasteiger partial charge is 0.462 e. The molecule has 0 aliphatic carbocycles. The van der Waals surface area contributed by atoms with Crippen LogP contribution in [0.1, 0.15) is 110 Å². The number of rotatable bonds is 25. The molecule has 0 fully saturated rings. The minimum atomic E-state index is -4.33. The first-order chi connectivity index (χ1) is 17.5. The molecule has 0 aliphatic rings. The molecule has 0 heterocycles. The van der Waals surface area contributed by atoms with Gasteiger partial charge in [0.05, 0.1) is 27.7 Å². The molecule has 2 unspecified atom stereocenters. The summed E-state index contributed by atoms with van der Waals surface area (Å²) in [5.74, 6) is -0.859. The number of nitrogens with zero attached hydrogens (tertiary/aromatic N) is 1. The lowest BCUT2D eigenvalue weighted by Crippen LogP contribution is -2.37. The van der Waals surface area contributed by atoms with Gasteiger partial charge in [0.1, 0.15) is 19.8 Å². The third-order valence-corrected chi connectivity index (χ3v) is 6.84.